The Kier molecular flexibility index (Phi) is 3.45. The summed E-state index contributed by atoms with van der Waals surface area (Å²) in [6.45, 7) is 6.71. The molecule has 0 aromatic rings. The van der Waals surface area contributed by atoms with E-state index < -0.39 is 35.6 Å². The first-order valence-electron chi connectivity index (χ1n) is 5.46. The summed E-state index contributed by atoms with van der Waals surface area (Å²) in [6.07, 6.45) is -1.04. The second-order valence-electron chi connectivity index (χ2n) is 4.58. The van der Waals surface area contributed by atoms with Gasteiger partial charge in [-0.25, -0.2) is 14.6 Å². The maximum atomic E-state index is 12.1. The molecular formula is C11H16N2O5. The van der Waals surface area contributed by atoms with Crippen molar-refractivity contribution in [2.75, 3.05) is 0 Å². The molecule has 0 aromatic carbocycles. The zero-order valence-electron chi connectivity index (χ0n) is 11.0. The van der Waals surface area contributed by atoms with Gasteiger partial charge in [0, 0.05) is 13.8 Å². The highest BCUT2D eigenvalue weighted by molar-refractivity contribution is 6.13. The fourth-order valence-electron chi connectivity index (χ4n) is 1.97. The molecule has 100 valence electrons. The number of esters is 1. The van der Waals surface area contributed by atoms with E-state index in [1.165, 1.54) is 34.6 Å². The van der Waals surface area contributed by atoms with Crippen LogP contribution in [0.15, 0.2) is 0 Å². The number of urea groups is 1. The Morgan fingerprint density at radius 1 is 1.22 bits per heavy atom. The van der Waals surface area contributed by atoms with E-state index in [2.05, 4.69) is 0 Å². The van der Waals surface area contributed by atoms with E-state index in [4.69, 9.17) is 4.74 Å². The molecule has 0 saturated carbocycles. The van der Waals surface area contributed by atoms with Crippen LogP contribution in [0.4, 0.5) is 4.79 Å². The van der Waals surface area contributed by atoms with Crippen LogP contribution in [0.5, 0.6) is 0 Å². The number of carbonyl (C=O) groups is 4. The standard InChI is InChI=1S/C11H16N2O5/c1-6(14)13-10(17)12(7(2)18-8(3)15)9(16)11(13,4)5/h7H,1-5H3. The zero-order valence-corrected chi connectivity index (χ0v) is 11.0. The molecule has 1 aliphatic rings. The van der Waals surface area contributed by atoms with Gasteiger partial charge in [0.1, 0.15) is 5.54 Å². The van der Waals surface area contributed by atoms with Crippen LogP contribution in [0.25, 0.3) is 0 Å². The van der Waals surface area contributed by atoms with Crippen molar-refractivity contribution in [3.8, 4) is 0 Å². The van der Waals surface area contributed by atoms with Crippen LogP contribution < -0.4 is 0 Å². The topological polar surface area (TPSA) is 84.0 Å². The quantitative estimate of drug-likeness (QED) is 0.530. The second-order valence-corrected chi connectivity index (χ2v) is 4.58. The van der Waals surface area contributed by atoms with E-state index in [0.717, 1.165) is 9.80 Å². The van der Waals surface area contributed by atoms with Crippen molar-refractivity contribution < 1.29 is 23.9 Å². The van der Waals surface area contributed by atoms with Gasteiger partial charge < -0.3 is 4.74 Å². The average Bonchev–Trinajstić information content (AvgIpc) is 2.31. The molecule has 0 aromatic heterocycles. The Balaban J connectivity index is 3.10. The monoisotopic (exact) mass is 256 g/mol. The highest BCUT2D eigenvalue weighted by atomic mass is 16.6. The normalized spacial score (nSPS) is 20.1. The summed E-state index contributed by atoms with van der Waals surface area (Å²) in [4.78, 5) is 48.0. The zero-order chi connectivity index (χ0) is 14.2. The van der Waals surface area contributed by atoms with E-state index in [-0.39, 0.29) is 0 Å². The Morgan fingerprint density at radius 3 is 2.06 bits per heavy atom. The summed E-state index contributed by atoms with van der Waals surface area (Å²) in [5.41, 5.74) is -1.27. The van der Waals surface area contributed by atoms with Crippen molar-refractivity contribution in [2.24, 2.45) is 0 Å². The molecule has 1 saturated heterocycles. The molecule has 1 aliphatic heterocycles. The third-order valence-electron chi connectivity index (χ3n) is 2.71. The summed E-state index contributed by atoms with van der Waals surface area (Å²) in [6, 6.07) is -0.772. The van der Waals surface area contributed by atoms with Gasteiger partial charge in [-0.05, 0) is 20.8 Å². The van der Waals surface area contributed by atoms with Crippen LogP contribution in [0, 0.1) is 0 Å². The van der Waals surface area contributed by atoms with E-state index in [1.807, 2.05) is 0 Å². The Bertz CT molecular complexity index is 429. The molecule has 0 aliphatic carbocycles. The first-order chi connectivity index (χ1) is 8.10. The minimum absolute atomic E-state index is 0.532. The Labute approximate surface area is 105 Å². The fourth-order valence-corrected chi connectivity index (χ4v) is 1.97. The van der Waals surface area contributed by atoms with E-state index in [1.54, 1.807) is 0 Å². The van der Waals surface area contributed by atoms with Gasteiger partial charge in [0.25, 0.3) is 5.91 Å². The van der Waals surface area contributed by atoms with Crippen molar-refractivity contribution in [1.82, 2.24) is 9.80 Å². The van der Waals surface area contributed by atoms with E-state index in [9.17, 15) is 19.2 Å². The highest BCUT2D eigenvalue weighted by Crippen LogP contribution is 2.29. The molecule has 1 rings (SSSR count). The second kappa shape index (κ2) is 4.40. The molecule has 0 bridgehead atoms. The van der Waals surface area contributed by atoms with Gasteiger partial charge in [0.05, 0.1) is 0 Å². The average molecular weight is 256 g/mol. The number of hydrogen-bond acceptors (Lipinski definition) is 5. The maximum Gasteiger partial charge on any atom is 0.337 e. The maximum absolute atomic E-state index is 12.1. The first kappa shape index (κ1) is 14.1. The van der Waals surface area contributed by atoms with Crippen LogP contribution >= 0.6 is 0 Å². The minimum atomic E-state index is -1.27. The molecule has 0 N–H and O–H groups in total. The summed E-state index contributed by atoms with van der Waals surface area (Å²) in [5.74, 6) is -1.71. The molecule has 7 heteroatoms. The number of nitrogens with zero attached hydrogens (tertiary/aromatic N) is 2. The minimum Gasteiger partial charge on any atom is -0.441 e. The molecule has 7 nitrogen and oxygen atoms in total. The molecule has 0 radical (unpaired) electrons. The molecule has 0 spiro atoms. The van der Waals surface area contributed by atoms with E-state index in [0.29, 0.717) is 0 Å². The molecule has 4 amide bonds. The lowest BCUT2D eigenvalue weighted by Crippen LogP contribution is -2.46. The molecule has 1 fully saturated rings. The lowest BCUT2D eigenvalue weighted by atomic mass is 10.0. The van der Waals surface area contributed by atoms with Crippen LogP contribution in [0.2, 0.25) is 0 Å². The van der Waals surface area contributed by atoms with Crippen LogP contribution in [0.1, 0.15) is 34.6 Å². The molecular weight excluding hydrogens is 240 g/mol. The van der Waals surface area contributed by atoms with Crippen LogP contribution in [-0.2, 0) is 19.1 Å². The van der Waals surface area contributed by atoms with Gasteiger partial charge in [-0.3, -0.25) is 14.4 Å². The van der Waals surface area contributed by atoms with Gasteiger partial charge in [-0.15, -0.1) is 0 Å². The summed E-state index contributed by atoms with van der Waals surface area (Å²) < 4.78 is 4.80. The number of imide groups is 2. The van der Waals surface area contributed by atoms with Gasteiger partial charge in [0.15, 0.2) is 6.23 Å². The van der Waals surface area contributed by atoms with Crippen molar-refractivity contribution in [1.29, 1.82) is 0 Å². The van der Waals surface area contributed by atoms with Crippen molar-refractivity contribution in [3.05, 3.63) is 0 Å². The molecule has 1 atom stereocenters. The highest BCUT2D eigenvalue weighted by Gasteiger charge is 2.55. The largest absolute Gasteiger partial charge is 0.441 e. The van der Waals surface area contributed by atoms with Crippen molar-refractivity contribution in [3.63, 3.8) is 0 Å². The SMILES string of the molecule is CC(=O)OC(C)N1C(=O)N(C(C)=O)C(C)(C)C1=O. The predicted octanol–water partition coefficient (Wildman–Crippen LogP) is 0.485. The van der Waals surface area contributed by atoms with Crippen LogP contribution in [-0.4, -0.2) is 45.4 Å². The van der Waals surface area contributed by atoms with Gasteiger partial charge >= 0.3 is 12.0 Å². The van der Waals surface area contributed by atoms with Gasteiger partial charge in [-0.1, -0.05) is 0 Å². The predicted molar refractivity (Wildman–Crippen MR) is 60.1 cm³/mol. The molecule has 18 heavy (non-hydrogen) atoms. The first-order valence-corrected chi connectivity index (χ1v) is 5.46. The van der Waals surface area contributed by atoms with Crippen molar-refractivity contribution in [2.45, 2.75) is 46.4 Å². The van der Waals surface area contributed by atoms with Crippen molar-refractivity contribution >= 4 is 23.8 Å². The number of rotatable bonds is 2. The van der Waals surface area contributed by atoms with Crippen LogP contribution in [0.3, 0.4) is 0 Å². The van der Waals surface area contributed by atoms with Gasteiger partial charge in [-0.2, -0.15) is 0 Å². The number of hydrogen-bond donors (Lipinski definition) is 0. The number of ether oxygens (including phenoxy) is 1. The third kappa shape index (κ3) is 2.07. The van der Waals surface area contributed by atoms with E-state index >= 15 is 0 Å². The molecule has 1 unspecified atom stereocenters. The van der Waals surface area contributed by atoms with Gasteiger partial charge in [0.2, 0.25) is 5.91 Å². The smallest absolute Gasteiger partial charge is 0.337 e. The molecule has 1 heterocycles. The lowest BCUT2D eigenvalue weighted by Gasteiger charge is -2.24. The Hall–Kier alpha value is -1.92. The fraction of sp³-hybridized carbons (Fsp3) is 0.636. The lowest BCUT2D eigenvalue weighted by molar-refractivity contribution is -0.156. The number of carbonyl (C=O) groups excluding carboxylic acids is 4. The Morgan fingerprint density at radius 2 is 1.72 bits per heavy atom. The number of amides is 4. The third-order valence-corrected chi connectivity index (χ3v) is 2.71. The summed E-state index contributed by atoms with van der Waals surface area (Å²) in [7, 11) is 0. The summed E-state index contributed by atoms with van der Waals surface area (Å²) in [5, 5.41) is 0. The summed E-state index contributed by atoms with van der Waals surface area (Å²) >= 11 is 0.